The van der Waals surface area contributed by atoms with E-state index in [-0.39, 0.29) is 51.0 Å². The highest BCUT2D eigenvalue weighted by atomic mass is 31.2. The Morgan fingerprint density at radius 2 is 1.76 bits per heavy atom. The highest BCUT2D eigenvalue weighted by Gasteiger charge is 2.33. The van der Waals surface area contributed by atoms with E-state index in [9.17, 15) is 28.7 Å². The van der Waals surface area contributed by atoms with Gasteiger partial charge in [0.2, 0.25) is 5.91 Å². The Bertz CT molecular complexity index is 1300. The number of hydrogen-bond donors (Lipinski definition) is 3. The number of nitrogens with one attached hydrogen (secondary N) is 1. The highest BCUT2D eigenvalue weighted by molar-refractivity contribution is 7.51. The van der Waals surface area contributed by atoms with E-state index in [2.05, 4.69) is 15.3 Å². The summed E-state index contributed by atoms with van der Waals surface area (Å²) in [6.07, 6.45) is -0.525. The molecule has 2 aromatic rings. The molecule has 3 heterocycles. The maximum atomic E-state index is 13.6. The second kappa shape index (κ2) is 14.1. The Morgan fingerprint density at radius 1 is 1.07 bits per heavy atom. The number of anilines is 1. The van der Waals surface area contributed by atoms with Crippen LogP contribution in [0.25, 0.3) is 11.4 Å². The van der Waals surface area contributed by atoms with E-state index in [1.165, 1.54) is 9.80 Å². The molecule has 3 N–H and O–H groups in total. The number of aromatic nitrogens is 2. The minimum atomic E-state index is -4.46. The summed E-state index contributed by atoms with van der Waals surface area (Å²) in [5, 5.41) is 2.66. The zero-order valence-corrected chi connectivity index (χ0v) is 24.6. The number of nitrogens with zero attached hydrogens (tertiary/aromatic N) is 5. The molecule has 1 aromatic carbocycles. The Kier molecular flexibility index (Phi) is 10.5. The van der Waals surface area contributed by atoms with E-state index in [4.69, 9.17) is 9.47 Å². The first-order valence-electron chi connectivity index (χ1n) is 13.9. The van der Waals surface area contributed by atoms with Crippen LogP contribution in [0.5, 0.6) is 0 Å². The first kappa shape index (κ1) is 31.4. The van der Waals surface area contributed by atoms with Crippen molar-refractivity contribution >= 4 is 31.3 Å². The van der Waals surface area contributed by atoms with Crippen molar-refractivity contribution < 1.29 is 38.2 Å². The number of carbonyl (C=O) groups excluding carboxylic acids is 3. The fourth-order valence-corrected chi connectivity index (χ4v) is 5.48. The fraction of sp³-hybridized carbons (Fsp3) is 0.519. The lowest BCUT2D eigenvalue weighted by molar-refractivity contribution is -0.134. The molecule has 2 saturated heterocycles. The van der Waals surface area contributed by atoms with Gasteiger partial charge in [0.15, 0.2) is 5.82 Å². The molecule has 0 radical (unpaired) electrons. The first-order chi connectivity index (χ1) is 20.1. The minimum absolute atomic E-state index is 0.0147. The summed E-state index contributed by atoms with van der Waals surface area (Å²) >= 11 is 0. The van der Waals surface area contributed by atoms with Gasteiger partial charge >= 0.3 is 13.7 Å². The first-order valence-corrected chi connectivity index (χ1v) is 15.7. The van der Waals surface area contributed by atoms with Gasteiger partial charge in [0, 0.05) is 58.0 Å². The molecule has 0 spiro atoms. The molecule has 15 heteroatoms. The predicted molar refractivity (Wildman–Crippen MR) is 153 cm³/mol. The van der Waals surface area contributed by atoms with E-state index in [1.54, 1.807) is 20.1 Å². The molecule has 3 amide bonds. The molecule has 2 aliphatic rings. The molecule has 2 aliphatic heterocycles. The highest BCUT2D eigenvalue weighted by Crippen LogP contribution is 2.35. The number of piperazine rings is 1. The van der Waals surface area contributed by atoms with E-state index in [0.717, 1.165) is 6.42 Å². The van der Waals surface area contributed by atoms with Gasteiger partial charge in [0.05, 0.1) is 18.9 Å². The van der Waals surface area contributed by atoms with Crippen molar-refractivity contribution in [3.8, 4) is 11.4 Å². The van der Waals surface area contributed by atoms with Crippen LogP contribution in [-0.4, -0.2) is 119 Å². The molecule has 4 rings (SSSR count). The van der Waals surface area contributed by atoms with Gasteiger partial charge in [0.1, 0.15) is 17.6 Å². The zero-order chi connectivity index (χ0) is 30.3. The van der Waals surface area contributed by atoms with Crippen LogP contribution in [0, 0.1) is 0 Å². The lowest BCUT2D eigenvalue weighted by Crippen LogP contribution is -2.56. The number of hydrogen-bond acceptors (Lipinski definition) is 9. The molecule has 228 valence electrons. The Hall–Kier alpha value is -3.58. The van der Waals surface area contributed by atoms with Crippen LogP contribution in [0.4, 0.5) is 10.6 Å². The molecule has 0 bridgehead atoms. The summed E-state index contributed by atoms with van der Waals surface area (Å²) in [6, 6.07) is 9.50. The summed E-state index contributed by atoms with van der Waals surface area (Å²) in [6.45, 7) is 4.04. The third kappa shape index (κ3) is 8.25. The lowest BCUT2D eigenvalue weighted by Gasteiger charge is -2.36. The molecule has 42 heavy (non-hydrogen) atoms. The minimum Gasteiger partial charge on any atom is -0.450 e. The molecule has 0 saturated carbocycles. The van der Waals surface area contributed by atoms with E-state index in [1.807, 2.05) is 35.2 Å². The van der Waals surface area contributed by atoms with Gasteiger partial charge in [-0.25, -0.2) is 14.8 Å². The smallest absolute Gasteiger partial charge is 0.409 e. The SMILES string of the molecule is CCOC(=O)N1CCN(C(=O)[C@H](CCP(=O)(O)O)NC(=O)c2cc(N3CC[C@H](OC)C3)nc(-c3ccccc3)n2)CC1. The standard InChI is InChI=1S/C27H37N6O8P/c1-3-41-27(36)32-14-12-31(13-15-32)26(35)21(10-16-42(37,38)39)29-25(34)22-17-23(33-11-9-20(18-33)40-2)30-24(28-22)19-7-5-4-6-8-19/h4-8,17,20-21H,3,9-16,18H2,1-2H3,(H,29,34)(H2,37,38,39)/t20-,21-/m0/s1. The van der Waals surface area contributed by atoms with Crippen LogP contribution in [0.15, 0.2) is 36.4 Å². The van der Waals surface area contributed by atoms with Crippen LogP contribution in [0.2, 0.25) is 0 Å². The summed E-state index contributed by atoms with van der Waals surface area (Å²) in [4.78, 5) is 72.2. The number of rotatable bonds is 10. The summed E-state index contributed by atoms with van der Waals surface area (Å²) < 4.78 is 22.2. The van der Waals surface area contributed by atoms with Crippen molar-refractivity contribution in [3.63, 3.8) is 0 Å². The van der Waals surface area contributed by atoms with Crippen LogP contribution in [0.3, 0.4) is 0 Å². The van der Waals surface area contributed by atoms with Crippen molar-refractivity contribution in [3.05, 3.63) is 42.1 Å². The topological polar surface area (TPSA) is 175 Å². The van der Waals surface area contributed by atoms with Gasteiger partial charge in [-0.1, -0.05) is 30.3 Å². The molecular formula is C27H37N6O8P. The summed E-state index contributed by atoms with van der Waals surface area (Å²) in [7, 11) is -2.81. The maximum absolute atomic E-state index is 13.6. The van der Waals surface area contributed by atoms with Gasteiger partial charge in [-0.2, -0.15) is 0 Å². The van der Waals surface area contributed by atoms with E-state index >= 15 is 0 Å². The van der Waals surface area contributed by atoms with E-state index < -0.39 is 37.7 Å². The quantitative estimate of drug-likeness (QED) is 0.334. The lowest BCUT2D eigenvalue weighted by atomic mass is 10.1. The van der Waals surface area contributed by atoms with E-state index in [0.29, 0.717) is 30.3 Å². The monoisotopic (exact) mass is 604 g/mol. The van der Waals surface area contributed by atoms with Gasteiger partial charge in [-0.15, -0.1) is 0 Å². The molecule has 14 nitrogen and oxygen atoms in total. The molecule has 2 fully saturated rings. The average Bonchev–Trinajstić information content (AvgIpc) is 3.48. The third-order valence-corrected chi connectivity index (χ3v) is 8.05. The fourth-order valence-electron chi connectivity index (χ4n) is 4.89. The molecule has 2 atom stereocenters. The van der Waals surface area contributed by atoms with Gasteiger partial charge < -0.3 is 39.3 Å². The van der Waals surface area contributed by atoms with Crippen molar-refractivity contribution in [2.45, 2.75) is 31.9 Å². The zero-order valence-electron chi connectivity index (χ0n) is 23.7. The van der Waals surface area contributed by atoms with Crippen LogP contribution >= 0.6 is 7.60 Å². The second-order valence-electron chi connectivity index (χ2n) is 10.1. The number of amides is 3. The summed E-state index contributed by atoms with van der Waals surface area (Å²) in [5.41, 5.74) is 0.713. The van der Waals surface area contributed by atoms with Gasteiger partial charge in [-0.05, 0) is 19.8 Å². The molecule has 1 aromatic heterocycles. The average molecular weight is 605 g/mol. The Labute approximate surface area is 244 Å². The Morgan fingerprint density at radius 3 is 2.38 bits per heavy atom. The molecule has 0 unspecified atom stereocenters. The second-order valence-corrected chi connectivity index (χ2v) is 11.9. The summed E-state index contributed by atoms with van der Waals surface area (Å²) in [5.74, 6) is -0.318. The van der Waals surface area contributed by atoms with Crippen molar-refractivity contribution in [2.75, 3.05) is 64.0 Å². The van der Waals surface area contributed by atoms with Crippen LogP contribution in [-0.2, 0) is 18.8 Å². The van der Waals surface area contributed by atoms with Crippen molar-refractivity contribution in [1.29, 1.82) is 0 Å². The number of methoxy groups -OCH3 is 1. The van der Waals surface area contributed by atoms with Crippen LogP contribution < -0.4 is 10.2 Å². The van der Waals surface area contributed by atoms with Crippen molar-refractivity contribution in [1.82, 2.24) is 25.1 Å². The maximum Gasteiger partial charge on any atom is 0.409 e. The number of ether oxygens (including phenoxy) is 2. The van der Waals surface area contributed by atoms with Gasteiger partial charge in [-0.3, -0.25) is 14.2 Å². The van der Waals surface area contributed by atoms with Gasteiger partial charge in [0.25, 0.3) is 5.91 Å². The molecule has 0 aliphatic carbocycles. The number of benzene rings is 1. The van der Waals surface area contributed by atoms with Crippen molar-refractivity contribution in [2.24, 2.45) is 0 Å². The largest absolute Gasteiger partial charge is 0.450 e. The Balaban J connectivity index is 1.56. The van der Waals surface area contributed by atoms with Crippen LogP contribution in [0.1, 0.15) is 30.3 Å². The normalized spacial score (nSPS) is 18.1. The molecular weight excluding hydrogens is 567 g/mol. The predicted octanol–water partition coefficient (Wildman–Crippen LogP) is 1.34. The number of carbonyl (C=O) groups is 3. The third-order valence-electron chi connectivity index (χ3n) is 7.21.